The molecule has 0 bridgehead atoms. The average molecular weight is 300 g/mol. The van der Waals surface area contributed by atoms with Crippen molar-refractivity contribution in [2.75, 3.05) is 5.01 Å². The second-order valence-electron chi connectivity index (χ2n) is 5.38. The fraction of sp³-hybridized carbons (Fsp3) is 0.0476. The summed E-state index contributed by atoms with van der Waals surface area (Å²) in [4.78, 5) is 0. The molecule has 0 aliphatic heterocycles. The highest BCUT2D eigenvalue weighted by molar-refractivity contribution is 5.62. The van der Waals surface area contributed by atoms with Crippen molar-refractivity contribution < 1.29 is 0 Å². The normalized spacial score (nSPS) is 10.7. The van der Waals surface area contributed by atoms with Crippen LogP contribution < -0.4 is 10.4 Å². The van der Waals surface area contributed by atoms with Crippen LogP contribution in [0.2, 0.25) is 0 Å². The summed E-state index contributed by atoms with van der Waals surface area (Å²) in [6.45, 7) is 2.10. The Morgan fingerprint density at radius 2 is 1.22 bits per heavy atom. The Labute approximate surface area is 137 Å². The van der Waals surface area contributed by atoms with Gasteiger partial charge in [0.25, 0.3) is 0 Å². The van der Waals surface area contributed by atoms with Crippen molar-refractivity contribution in [1.29, 1.82) is 0 Å². The molecule has 23 heavy (non-hydrogen) atoms. The number of hydrogen-bond acceptors (Lipinski definition) is 2. The van der Waals surface area contributed by atoms with Crippen molar-refractivity contribution in [2.45, 2.75) is 6.92 Å². The Hall–Kier alpha value is -3.00. The first kappa shape index (κ1) is 14.9. The van der Waals surface area contributed by atoms with E-state index < -0.39 is 0 Å². The monoisotopic (exact) mass is 300 g/mol. The molecule has 3 rings (SSSR count). The molecule has 114 valence electrons. The van der Waals surface area contributed by atoms with Gasteiger partial charge in [-0.3, -0.25) is 5.01 Å². The summed E-state index contributed by atoms with van der Waals surface area (Å²) in [6.07, 6.45) is 4.03. The predicted octanol–water partition coefficient (Wildman–Crippen LogP) is 5.31. The topological polar surface area (TPSA) is 15.3 Å². The SMILES string of the molecule is Cc1ccc(/C=C/NN(c2ccccc2)c2ccccc2)cc1. The average Bonchev–Trinajstić information content (AvgIpc) is 2.62. The van der Waals surface area contributed by atoms with Crippen molar-refractivity contribution in [2.24, 2.45) is 0 Å². The van der Waals surface area contributed by atoms with E-state index >= 15 is 0 Å². The maximum Gasteiger partial charge on any atom is 0.0630 e. The summed E-state index contributed by atoms with van der Waals surface area (Å²) < 4.78 is 0. The van der Waals surface area contributed by atoms with Gasteiger partial charge in [0.2, 0.25) is 0 Å². The lowest BCUT2D eigenvalue weighted by Gasteiger charge is -2.24. The molecule has 0 atom stereocenters. The van der Waals surface area contributed by atoms with E-state index in [-0.39, 0.29) is 0 Å². The predicted molar refractivity (Wildman–Crippen MR) is 98.4 cm³/mol. The minimum atomic E-state index is 1.09. The molecule has 0 aromatic heterocycles. The number of rotatable bonds is 5. The summed E-state index contributed by atoms with van der Waals surface area (Å²) in [7, 11) is 0. The number of aryl methyl sites for hydroxylation is 1. The van der Waals surface area contributed by atoms with Crippen LogP contribution in [0.25, 0.3) is 6.08 Å². The van der Waals surface area contributed by atoms with Crippen molar-refractivity contribution in [3.63, 3.8) is 0 Å². The summed E-state index contributed by atoms with van der Waals surface area (Å²) >= 11 is 0. The zero-order valence-electron chi connectivity index (χ0n) is 13.2. The fourth-order valence-electron chi connectivity index (χ4n) is 2.34. The van der Waals surface area contributed by atoms with Crippen LogP contribution in [0.4, 0.5) is 11.4 Å². The van der Waals surface area contributed by atoms with Crippen LogP contribution in [-0.2, 0) is 0 Å². The smallest absolute Gasteiger partial charge is 0.0630 e. The van der Waals surface area contributed by atoms with Gasteiger partial charge in [0.05, 0.1) is 11.4 Å². The van der Waals surface area contributed by atoms with E-state index in [2.05, 4.69) is 72.0 Å². The lowest BCUT2D eigenvalue weighted by Crippen LogP contribution is -2.29. The lowest BCUT2D eigenvalue weighted by molar-refractivity contribution is 0.891. The minimum absolute atomic E-state index is 1.09. The van der Waals surface area contributed by atoms with Crippen LogP contribution in [0.1, 0.15) is 11.1 Å². The Kier molecular flexibility index (Phi) is 4.75. The highest BCUT2D eigenvalue weighted by Crippen LogP contribution is 2.22. The van der Waals surface area contributed by atoms with E-state index in [1.54, 1.807) is 0 Å². The van der Waals surface area contributed by atoms with Crippen LogP contribution in [-0.4, -0.2) is 0 Å². The van der Waals surface area contributed by atoms with Gasteiger partial charge in [-0.2, -0.15) is 0 Å². The molecule has 0 saturated carbocycles. The van der Waals surface area contributed by atoms with Gasteiger partial charge < -0.3 is 5.43 Å². The second-order valence-corrected chi connectivity index (χ2v) is 5.38. The van der Waals surface area contributed by atoms with E-state index in [1.165, 1.54) is 11.1 Å². The zero-order valence-corrected chi connectivity index (χ0v) is 13.2. The van der Waals surface area contributed by atoms with E-state index in [0.29, 0.717) is 0 Å². The standard InChI is InChI=1S/C21H20N2/c1-18-12-14-19(15-13-18)16-17-22-23(20-8-4-2-5-9-20)21-10-6-3-7-11-21/h2-17,22H,1H3/b17-16+. The zero-order chi connectivity index (χ0) is 15.9. The Bertz CT molecular complexity index is 707. The number of nitrogens with one attached hydrogen (secondary N) is 1. The van der Waals surface area contributed by atoms with Crippen molar-refractivity contribution in [3.05, 3.63) is 102 Å². The molecule has 0 radical (unpaired) electrons. The number of anilines is 2. The fourth-order valence-corrected chi connectivity index (χ4v) is 2.34. The van der Waals surface area contributed by atoms with Crippen molar-refractivity contribution >= 4 is 17.5 Å². The maximum absolute atomic E-state index is 3.37. The van der Waals surface area contributed by atoms with Gasteiger partial charge in [-0.15, -0.1) is 0 Å². The summed E-state index contributed by atoms with van der Waals surface area (Å²) in [5, 5.41) is 2.06. The molecular weight excluding hydrogens is 280 g/mol. The van der Waals surface area contributed by atoms with Gasteiger partial charge >= 0.3 is 0 Å². The molecule has 0 fully saturated rings. The minimum Gasteiger partial charge on any atom is -0.301 e. The van der Waals surface area contributed by atoms with Gasteiger partial charge in [-0.05, 0) is 42.8 Å². The highest BCUT2D eigenvalue weighted by atomic mass is 15.5. The highest BCUT2D eigenvalue weighted by Gasteiger charge is 2.05. The second kappa shape index (κ2) is 7.32. The Morgan fingerprint density at radius 1 is 0.696 bits per heavy atom. The van der Waals surface area contributed by atoms with E-state index in [4.69, 9.17) is 0 Å². The lowest BCUT2D eigenvalue weighted by atomic mass is 10.1. The molecule has 1 N–H and O–H groups in total. The van der Waals surface area contributed by atoms with Gasteiger partial charge in [0.15, 0.2) is 0 Å². The van der Waals surface area contributed by atoms with Gasteiger partial charge in [0.1, 0.15) is 0 Å². The molecule has 0 unspecified atom stereocenters. The number of hydrazine groups is 1. The molecule has 2 heteroatoms. The maximum atomic E-state index is 3.37. The number of nitrogens with zero attached hydrogens (tertiary/aromatic N) is 1. The molecule has 0 aliphatic rings. The molecule has 0 heterocycles. The van der Waals surface area contributed by atoms with Gasteiger partial charge in [0, 0.05) is 6.20 Å². The van der Waals surface area contributed by atoms with Crippen molar-refractivity contribution in [1.82, 2.24) is 5.43 Å². The Morgan fingerprint density at radius 3 is 1.74 bits per heavy atom. The van der Waals surface area contributed by atoms with Crippen LogP contribution >= 0.6 is 0 Å². The van der Waals surface area contributed by atoms with E-state index in [1.807, 2.05) is 42.6 Å². The molecule has 0 saturated heterocycles. The molecule has 3 aromatic carbocycles. The summed E-state index contributed by atoms with van der Waals surface area (Å²) in [6, 6.07) is 29.0. The summed E-state index contributed by atoms with van der Waals surface area (Å²) in [5.41, 5.74) is 7.99. The third-order valence-electron chi connectivity index (χ3n) is 3.59. The Balaban J connectivity index is 1.81. The number of benzene rings is 3. The van der Waals surface area contributed by atoms with E-state index in [9.17, 15) is 0 Å². The molecule has 0 spiro atoms. The first-order chi connectivity index (χ1) is 11.3. The summed E-state index contributed by atoms with van der Waals surface area (Å²) in [5.74, 6) is 0. The molecule has 2 nitrogen and oxygen atoms in total. The largest absolute Gasteiger partial charge is 0.301 e. The van der Waals surface area contributed by atoms with Crippen molar-refractivity contribution in [3.8, 4) is 0 Å². The molecule has 0 amide bonds. The van der Waals surface area contributed by atoms with Crippen LogP contribution in [0.15, 0.2) is 91.1 Å². The number of para-hydroxylation sites is 2. The van der Waals surface area contributed by atoms with Gasteiger partial charge in [-0.1, -0.05) is 66.2 Å². The van der Waals surface area contributed by atoms with Crippen LogP contribution in [0.5, 0.6) is 0 Å². The molecule has 0 aliphatic carbocycles. The third kappa shape index (κ3) is 4.01. The first-order valence-corrected chi connectivity index (χ1v) is 7.72. The van der Waals surface area contributed by atoms with Crippen LogP contribution in [0.3, 0.4) is 0 Å². The first-order valence-electron chi connectivity index (χ1n) is 7.72. The molecule has 3 aromatic rings. The van der Waals surface area contributed by atoms with E-state index in [0.717, 1.165) is 11.4 Å². The quantitative estimate of drug-likeness (QED) is 0.642. The third-order valence-corrected chi connectivity index (χ3v) is 3.59. The molecular formula is C21H20N2. The van der Waals surface area contributed by atoms with Crippen LogP contribution in [0, 0.1) is 6.92 Å². The number of hydrogen-bond donors (Lipinski definition) is 1. The van der Waals surface area contributed by atoms with Gasteiger partial charge in [-0.25, -0.2) is 0 Å².